The van der Waals surface area contributed by atoms with Gasteiger partial charge < -0.3 is 14.2 Å². The van der Waals surface area contributed by atoms with E-state index in [0.29, 0.717) is 6.42 Å². The van der Waals surface area contributed by atoms with E-state index in [4.69, 9.17) is 19.7 Å². The Balaban J connectivity index is 2.56. The average molecular weight is 215 g/mol. The van der Waals surface area contributed by atoms with Crippen LogP contribution in [-0.4, -0.2) is 38.1 Å². The maximum Gasteiger partial charge on any atom is 0.302 e. The smallest absolute Gasteiger partial charge is 0.302 e. The van der Waals surface area contributed by atoms with Crippen molar-refractivity contribution in [1.29, 1.82) is 0 Å². The number of rotatable bonds is 4. The van der Waals surface area contributed by atoms with Crippen molar-refractivity contribution in [3.05, 3.63) is 10.4 Å². The molecule has 0 aliphatic carbocycles. The molecule has 0 aromatic carbocycles. The number of hydrogen-bond acceptors (Lipinski definition) is 5. The quantitative estimate of drug-likeness (QED) is 0.302. The summed E-state index contributed by atoms with van der Waals surface area (Å²) < 4.78 is 15.4. The van der Waals surface area contributed by atoms with Gasteiger partial charge in [0.1, 0.15) is 12.2 Å². The van der Waals surface area contributed by atoms with Crippen LogP contribution in [0.2, 0.25) is 0 Å². The molecule has 0 radical (unpaired) electrons. The van der Waals surface area contributed by atoms with Gasteiger partial charge in [-0.05, 0) is 5.53 Å². The lowest BCUT2D eigenvalue weighted by molar-refractivity contribution is -0.150. The zero-order valence-corrected chi connectivity index (χ0v) is 8.62. The summed E-state index contributed by atoms with van der Waals surface area (Å²) in [6, 6.07) is 0. The minimum absolute atomic E-state index is 0.133. The Morgan fingerprint density at radius 3 is 3.00 bits per heavy atom. The minimum Gasteiger partial charge on any atom is -0.460 e. The molecule has 3 atom stereocenters. The first-order valence-corrected chi connectivity index (χ1v) is 4.53. The summed E-state index contributed by atoms with van der Waals surface area (Å²) >= 11 is 0. The van der Waals surface area contributed by atoms with E-state index < -0.39 is 18.5 Å². The highest BCUT2D eigenvalue weighted by Gasteiger charge is 2.37. The van der Waals surface area contributed by atoms with Crippen molar-refractivity contribution in [3.63, 3.8) is 0 Å². The molecule has 1 aliphatic rings. The molecule has 0 bridgehead atoms. The highest BCUT2D eigenvalue weighted by molar-refractivity contribution is 5.66. The molecule has 15 heavy (non-hydrogen) atoms. The van der Waals surface area contributed by atoms with E-state index in [2.05, 4.69) is 10.0 Å². The standard InChI is InChI=1S/C8H13N3O4/c1-5(12)14-6-3-8(13-2)15-7(6)4-10-11-9/h6-8H,3-4H2,1-2H3/t6-,7+,8?/m0/s1. The van der Waals surface area contributed by atoms with E-state index in [-0.39, 0.29) is 12.5 Å². The molecule has 0 saturated carbocycles. The van der Waals surface area contributed by atoms with Crippen molar-refractivity contribution in [1.82, 2.24) is 0 Å². The molecule has 1 unspecified atom stereocenters. The number of esters is 1. The van der Waals surface area contributed by atoms with Crippen LogP contribution in [0.15, 0.2) is 5.11 Å². The molecule has 0 spiro atoms. The van der Waals surface area contributed by atoms with Gasteiger partial charge in [0.2, 0.25) is 0 Å². The molecule has 1 aliphatic heterocycles. The maximum atomic E-state index is 10.8. The van der Waals surface area contributed by atoms with Crippen molar-refractivity contribution in [3.8, 4) is 0 Å². The molecule has 1 fully saturated rings. The molecule has 0 aromatic rings. The Labute approximate surface area is 86.9 Å². The highest BCUT2D eigenvalue weighted by Crippen LogP contribution is 2.24. The molecule has 7 nitrogen and oxygen atoms in total. The zero-order valence-electron chi connectivity index (χ0n) is 8.62. The third kappa shape index (κ3) is 3.39. The van der Waals surface area contributed by atoms with Crippen LogP contribution in [0.5, 0.6) is 0 Å². The van der Waals surface area contributed by atoms with Crippen molar-refractivity contribution in [2.75, 3.05) is 13.7 Å². The summed E-state index contributed by atoms with van der Waals surface area (Å²) in [7, 11) is 1.51. The van der Waals surface area contributed by atoms with Gasteiger partial charge in [0.05, 0.1) is 6.54 Å². The van der Waals surface area contributed by atoms with Crippen LogP contribution in [0.1, 0.15) is 13.3 Å². The highest BCUT2D eigenvalue weighted by atomic mass is 16.7. The van der Waals surface area contributed by atoms with Crippen LogP contribution in [0.25, 0.3) is 10.4 Å². The fourth-order valence-corrected chi connectivity index (χ4v) is 1.45. The lowest BCUT2D eigenvalue weighted by Crippen LogP contribution is -2.28. The summed E-state index contributed by atoms with van der Waals surface area (Å²) in [5, 5.41) is 3.39. The minimum atomic E-state index is -0.422. The van der Waals surface area contributed by atoms with Crippen molar-refractivity contribution >= 4 is 5.97 Å². The Morgan fingerprint density at radius 2 is 2.47 bits per heavy atom. The summed E-state index contributed by atoms with van der Waals surface area (Å²) in [5.74, 6) is -0.383. The molecule has 0 aromatic heterocycles. The Kier molecular flexibility index (Phi) is 4.36. The predicted octanol–water partition coefficient (Wildman–Crippen LogP) is 0.990. The molecular formula is C8H13N3O4. The molecule has 7 heteroatoms. The van der Waals surface area contributed by atoms with Crippen LogP contribution in [-0.2, 0) is 19.0 Å². The number of azide groups is 1. The van der Waals surface area contributed by atoms with Gasteiger partial charge in [-0.1, -0.05) is 5.11 Å². The second-order valence-electron chi connectivity index (χ2n) is 3.14. The van der Waals surface area contributed by atoms with Gasteiger partial charge in [-0.15, -0.1) is 0 Å². The van der Waals surface area contributed by atoms with E-state index in [0.717, 1.165) is 0 Å². The average Bonchev–Trinajstić information content (AvgIpc) is 2.56. The second-order valence-corrected chi connectivity index (χ2v) is 3.14. The summed E-state index contributed by atoms with van der Waals surface area (Å²) in [6.45, 7) is 1.46. The number of nitrogens with zero attached hydrogens (tertiary/aromatic N) is 3. The van der Waals surface area contributed by atoms with Gasteiger partial charge in [-0.2, -0.15) is 0 Å². The molecular weight excluding hydrogens is 202 g/mol. The van der Waals surface area contributed by atoms with E-state index >= 15 is 0 Å². The Hall–Kier alpha value is -1.30. The fourth-order valence-electron chi connectivity index (χ4n) is 1.45. The largest absolute Gasteiger partial charge is 0.460 e. The topological polar surface area (TPSA) is 93.5 Å². The van der Waals surface area contributed by atoms with E-state index in [1.807, 2.05) is 0 Å². The predicted molar refractivity (Wildman–Crippen MR) is 49.9 cm³/mol. The number of ether oxygens (including phenoxy) is 3. The normalized spacial score (nSPS) is 29.6. The van der Waals surface area contributed by atoms with Crippen molar-refractivity contribution in [2.24, 2.45) is 5.11 Å². The molecule has 1 heterocycles. The fraction of sp³-hybridized carbons (Fsp3) is 0.875. The first kappa shape index (κ1) is 11.8. The molecule has 0 N–H and O–H groups in total. The van der Waals surface area contributed by atoms with Gasteiger partial charge >= 0.3 is 5.97 Å². The molecule has 1 saturated heterocycles. The SMILES string of the molecule is COC1C[C@H](OC(C)=O)[C@@H](CN=[N+]=[N-])O1. The lowest BCUT2D eigenvalue weighted by atomic mass is 10.2. The summed E-state index contributed by atoms with van der Waals surface area (Å²) in [4.78, 5) is 13.4. The van der Waals surface area contributed by atoms with Crippen LogP contribution < -0.4 is 0 Å². The lowest BCUT2D eigenvalue weighted by Gasteiger charge is -2.15. The maximum absolute atomic E-state index is 10.8. The third-order valence-corrected chi connectivity index (χ3v) is 2.07. The van der Waals surface area contributed by atoms with Gasteiger partial charge in [0, 0.05) is 25.4 Å². The van der Waals surface area contributed by atoms with Gasteiger partial charge in [-0.3, -0.25) is 4.79 Å². The second kappa shape index (κ2) is 5.55. The van der Waals surface area contributed by atoms with Crippen molar-refractivity contribution < 1.29 is 19.0 Å². The number of hydrogen-bond donors (Lipinski definition) is 0. The van der Waals surface area contributed by atoms with E-state index in [1.165, 1.54) is 14.0 Å². The van der Waals surface area contributed by atoms with Crippen molar-refractivity contribution in [2.45, 2.75) is 31.8 Å². The van der Waals surface area contributed by atoms with Crippen LogP contribution in [0.3, 0.4) is 0 Å². The Morgan fingerprint density at radius 1 is 1.73 bits per heavy atom. The first-order valence-electron chi connectivity index (χ1n) is 4.53. The summed E-state index contributed by atoms with van der Waals surface area (Å²) in [6.07, 6.45) is -0.775. The molecule has 0 amide bonds. The van der Waals surface area contributed by atoms with E-state index in [9.17, 15) is 4.79 Å². The van der Waals surface area contributed by atoms with Crippen LogP contribution in [0, 0.1) is 0 Å². The molecule has 84 valence electrons. The first-order chi connectivity index (χ1) is 7.17. The van der Waals surface area contributed by atoms with Gasteiger partial charge in [-0.25, -0.2) is 0 Å². The molecule has 1 rings (SSSR count). The number of methoxy groups -OCH3 is 1. The monoisotopic (exact) mass is 215 g/mol. The number of carbonyl (C=O) groups is 1. The van der Waals surface area contributed by atoms with E-state index in [1.54, 1.807) is 0 Å². The van der Waals surface area contributed by atoms with Gasteiger partial charge in [0.25, 0.3) is 0 Å². The van der Waals surface area contributed by atoms with Crippen LogP contribution >= 0.6 is 0 Å². The third-order valence-electron chi connectivity index (χ3n) is 2.07. The summed E-state index contributed by atoms with van der Waals surface area (Å²) in [5.41, 5.74) is 8.18. The number of carbonyl (C=O) groups excluding carboxylic acids is 1. The van der Waals surface area contributed by atoms with Gasteiger partial charge in [0.15, 0.2) is 6.29 Å². The zero-order chi connectivity index (χ0) is 11.3. The Bertz CT molecular complexity index is 265. The van der Waals surface area contributed by atoms with Crippen LogP contribution in [0.4, 0.5) is 0 Å².